The summed E-state index contributed by atoms with van der Waals surface area (Å²) in [6.45, 7) is 0. The first kappa shape index (κ1) is 11.1. The highest BCUT2D eigenvalue weighted by Crippen LogP contribution is 2.35. The van der Waals surface area contributed by atoms with E-state index in [9.17, 15) is 0 Å². The van der Waals surface area contributed by atoms with Crippen LogP contribution in [0.1, 0.15) is 19.3 Å². The fraction of sp³-hybridized carbons (Fsp3) is 0.333. The quantitative estimate of drug-likeness (QED) is 0.649. The van der Waals surface area contributed by atoms with Crippen LogP contribution in [0.3, 0.4) is 0 Å². The Morgan fingerprint density at radius 1 is 1.40 bits per heavy atom. The van der Waals surface area contributed by atoms with Crippen LogP contribution in [0.4, 0.5) is 5.69 Å². The third-order valence-corrected chi connectivity index (χ3v) is 4.67. The molecule has 0 fully saturated rings. The van der Waals surface area contributed by atoms with Crippen molar-refractivity contribution in [1.29, 1.82) is 0 Å². The number of nitrogen functional groups attached to an aromatic ring is 1. The van der Waals surface area contributed by atoms with Crippen LogP contribution in [0.15, 0.2) is 39.7 Å². The van der Waals surface area contributed by atoms with E-state index in [0.717, 1.165) is 10.2 Å². The van der Waals surface area contributed by atoms with E-state index in [-0.39, 0.29) is 0 Å². The standard InChI is InChI=1S/C12H14BrNS/c13-11-8-9(14)6-7-12(11)15-10-4-2-1-3-5-10/h2,4,6-8,10H,1,3,5,14H2. The van der Waals surface area contributed by atoms with E-state index in [0.29, 0.717) is 5.25 Å². The minimum absolute atomic E-state index is 0.624. The summed E-state index contributed by atoms with van der Waals surface area (Å²) in [4.78, 5) is 1.28. The first-order valence-corrected chi connectivity index (χ1v) is 6.81. The van der Waals surface area contributed by atoms with Gasteiger partial charge in [0, 0.05) is 20.3 Å². The molecule has 0 aliphatic heterocycles. The minimum Gasteiger partial charge on any atom is -0.399 e. The fourth-order valence-electron chi connectivity index (χ4n) is 1.66. The largest absolute Gasteiger partial charge is 0.399 e. The Bertz CT molecular complexity index is 376. The van der Waals surface area contributed by atoms with Gasteiger partial charge in [0.05, 0.1) is 0 Å². The van der Waals surface area contributed by atoms with Crippen molar-refractivity contribution >= 4 is 33.4 Å². The summed E-state index contributed by atoms with van der Waals surface area (Å²) >= 11 is 5.46. The van der Waals surface area contributed by atoms with Gasteiger partial charge in [-0.15, -0.1) is 11.8 Å². The Labute approximate surface area is 103 Å². The smallest absolute Gasteiger partial charge is 0.0331 e. The Hall–Kier alpha value is -0.410. The number of halogens is 1. The van der Waals surface area contributed by atoms with Crippen molar-refractivity contribution in [3.8, 4) is 0 Å². The van der Waals surface area contributed by atoms with Crippen LogP contribution in [-0.4, -0.2) is 5.25 Å². The highest BCUT2D eigenvalue weighted by Gasteiger charge is 2.11. The van der Waals surface area contributed by atoms with Gasteiger partial charge in [0.15, 0.2) is 0 Å². The summed E-state index contributed by atoms with van der Waals surface area (Å²) in [5, 5.41) is 0.624. The third-order valence-electron chi connectivity index (χ3n) is 2.44. The van der Waals surface area contributed by atoms with E-state index in [1.807, 2.05) is 23.9 Å². The molecule has 0 amide bonds. The zero-order valence-corrected chi connectivity index (χ0v) is 10.9. The van der Waals surface area contributed by atoms with E-state index in [1.165, 1.54) is 24.2 Å². The van der Waals surface area contributed by atoms with Crippen LogP contribution < -0.4 is 5.73 Å². The molecule has 3 heteroatoms. The van der Waals surface area contributed by atoms with E-state index in [1.54, 1.807) is 0 Å². The lowest BCUT2D eigenvalue weighted by Gasteiger charge is -2.16. The summed E-state index contributed by atoms with van der Waals surface area (Å²) in [5.41, 5.74) is 6.52. The van der Waals surface area contributed by atoms with Crippen molar-refractivity contribution in [2.45, 2.75) is 29.4 Å². The zero-order chi connectivity index (χ0) is 10.7. The lowest BCUT2D eigenvalue weighted by atomic mass is 10.1. The van der Waals surface area contributed by atoms with Crippen LogP contribution in [-0.2, 0) is 0 Å². The number of nitrogens with two attached hydrogens (primary N) is 1. The Morgan fingerprint density at radius 3 is 2.93 bits per heavy atom. The summed E-state index contributed by atoms with van der Waals surface area (Å²) in [5.74, 6) is 0. The average Bonchev–Trinajstić information content (AvgIpc) is 2.24. The molecule has 0 saturated heterocycles. The molecule has 1 nitrogen and oxygen atoms in total. The van der Waals surface area contributed by atoms with E-state index < -0.39 is 0 Å². The molecule has 1 aromatic rings. The molecular weight excluding hydrogens is 270 g/mol. The number of benzene rings is 1. The Morgan fingerprint density at radius 2 is 2.27 bits per heavy atom. The minimum atomic E-state index is 0.624. The van der Waals surface area contributed by atoms with Crippen LogP contribution in [0.25, 0.3) is 0 Å². The van der Waals surface area contributed by atoms with E-state index in [4.69, 9.17) is 5.73 Å². The van der Waals surface area contributed by atoms with Crippen molar-refractivity contribution in [2.24, 2.45) is 0 Å². The molecule has 0 heterocycles. The molecule has 0 spiro atoms. The lowest BCUT2D eigenvalue weighted by molar-refractivity contribution is 0.741. The molecule has 0 radical (unpaired) electrons. The molecule has 15 heavy (non-hydrogen) atoms. The second-order valence-corrected chi connectivity index (χ2v) is 5.84. The molecule has 1 unspecified atom stereocenters. The zero-order valence-electron chi connectivity index (χ0n) is 8.45. The topological polar surface area (TPSA) is 26.0 Å². The van der Waals surface area contributed by atoms with Gasteiger partial charge in [0.25, 0.3) is 0 Å². The third kappa shape index (κ3) is 3.02. The molecule has 1 aromatic carbocycles. The van der Waals surface area contributed by atoms with E-state index >= 15 is 0 Å². The second kappa shape index (κ2) is 5.08. The van der Waals surface area contributed by atoms with Gasteiger partial charge in [0.2, 0.25) is 0 Å². The average molecular weight is 284 g/mol. The van der Waals surface area contributed by atoms with Crippen molar-refractivity contribution < 1.29 is 0 Å². The Balaban J connectivity index is 2.09. The van der Waals surface area contributed by atoms with Gasteiger partial charge in [-0.05, 0) is 53.4 Å². The summed E-state index contributed by atoms with van der Waals surface area (Å²) in [6.07, 6.45) is 8.42. The van der Waals surface area contributed by atoms with Crippen molar-refractivity contribution in [1.82, 2.24) is 0 Å². The van der Waals surface area contributed by atoms with E-state index in [2.05, 4.69) is 34.1 Å². The first-order valence-electron chi connectivity index (χ1n) is 5.14. The second-order valence-electron chi connectivity index (χ2n) is 3.71. The Kier molecular flexibility index (Phi) is 3.76. The van der Waals surface area contributed by atoms with Gasteiger partial charge in [-0.1, -0.05) is 12.2 Å². The van der Waals surface area contributed by atoms with Crippen LogP contribution in [0.5, 0.6) is 0 Å². The van der Waals surface area contributed by atoms with Gasteiger partial charge >= 0.3 is 0 Å². The summed E-state index contributed by atoms with van der Waals surface area (Å²) in [7, 11) is 0. The SMILES string of the molecule is Nc1ccc(SC2C=CCCC2)c(Br)c1. The number of thioether (sulfide) groups is 1. The number of hydrogen-bond donors (Lipinski definition) is 1. The van der Waals surface area contributed by atoms with Gasteiger partial charge in [-0.3, -0.25) is 0 Å². The van der Waals surface area contributed by atoms with Crippen LogP contribution >= 0.6 is 27.7 Å². The van der Waals surface area contributed by atoms with Crippen LogP contribution in [0.2, 0.25) is 0 Å². The number of allylic oxidation sites excluding steroid dienone is 1. The molecule has 0 saturated carbocycles. The molecule has 1 atom stereocenters. The number of anilines is 1. The number of rotatable bonds is 2. The van der Waals surface area contributed by atoms with Crippen molar-refractivity contribution in [3.63, 3.8) is 0 Å². The van der Waals surface area contributed by atoms with Crippen molar-refractivity contribution in [3.05, 3.63) is 34.8 Å². The molecular formula is C12H14BrNS. The van der Waals surface area contributed by atoms with Gasteiger partial charge < -0.3 is 5.73 Å². The number of hydrogen-bond acceptors (Lipinski definition) is 2. The monoisotopic (exact) mass is 283 g/mol. The molecule has 1 aliphatic rings. The highest BCUT2D eigenvalue weighted by molar-refractivity contribution is 9.10. The molecule has 2 rings (SSSR count). The van der Waals surface area contributed by atoms with Gasteiger partial charge in [-0.25, -0.2) is 0 Å². The maximum absolute atomic E-state index is 5.71. The highest BCUT2D eigenvalue weighted by atomic mass is 79.9. The van der Waals surface area contributed by atoms with Crippen molar-refractivity contribution in [2.75, 3.05) is 5.73 Å². The first-order chi connectivity index (χ1) is 7.25. The van der Waals surface area contributed by atoms with Gasteiger partial charge in [0.1, 0.15) is 0 Å². The predicted octanol–water partition coefficient (Wildman–Crippen LogP) is 4.23. The maximum Gasteiger partial charge on any atom is 0.0331 e. The molecule has 1 aliphatic carbocycles. The summed E-state index contributed by atoms with van der Waals surface area (Å²) in [6, 6.07) is 6.01. The lowest BCUT2D eigenvalue weighted by Crippen LogP contribution is -2.02. The van der Waals surface area contributed by atoms with Gasteiger partial charge in [-0.2, -0.15) is 0 Å². The predicted molar refractivity (Wildman–Crippen MR) is 71.2 cm³/mol. The molecule has 80 valence electrons. The maximum atomic E-state index is 5.71. The van der Waals surface area contributed by atoms with Crippen LogP contribution in [0, 0.1) is 0 Å². The molecule has 0 bridgehead atoms. The summed E-state index contributed by atoms with van der Waals surface area (Å²) < 4.78 is 1.10. The molecule has 0 aromatic heterocycles. The molecule has 2 N–H and O–H groups in total. The fourth-order valence-corrected chi connectivity index (χ4v) is 3.45. The normalized spacial score (nSPS) is 20.5.